The normalized spacial score (nSPS) is 36.6. The number of carbonyl (C=O) groups is 4. The Morgan fingerprint density at radius 2 is 1.78 bits per heavy atom. The molecule has 3 aliphatic rings. The molecule has 0 aliphatic heterocycles. The number of Topliss-reactive ketones (excluding diaryl/α,β-unsaturated/α-hetero) is 3. The molecule has 1 aromatic rings. The summed E-state index contributed by atoms with van der Waals surface area (Å²) in [5, 5.41) is 44.1. The number of aliphatic hydroxyl groups is 3. The highest BCUT2D eigenvalue weighted by molar-refractivity contribution is 6.32. The summed E-state index contributed by atoms with van der Waals surface area (Å²) in [5.41, 5.74) is 2.28. The topological polar surface area (TPSA) is 178 Å². The third-order valence-electron chi connectivity index (χ3n) is 7.13. The molecule has 7 atom stereocenters. The van der Waals surface area contributed by atoms with Gasteiger partial charge in [-0.05, 0) is 31.6 Å². The molecule has 0 aromatic heterocycles. The summed E-state index contributed by atoms with van der Waals surface area (Å²) in [6.07, 6.45) is -1.62. The van der Waals surface area contributed by atoms with Crippen LogP contribution in [0.5, 0.6) is 5.75 Å². The highest BCUT2D eigenvalue weighted by atomic mass is 16.3. The molecule has 0 radical (unpaired) electrons. The number of nitrogens with two attached hydrogens (primary N) is 1. The van der Waals surface area contributed by atoms with Crippen molar-refractivity contribution in [1.82, 2.24) is 4.90 Å². The molecule has 32 heavy (non-hydrogen) atoms. The second kappa shape index (κ2) is 6.96. The molecule has 2 fully saturated rings. The van der Waals surface area contributed by atoms with E-state index in [0.717, 1.165) is 0 Å². The van der Waals surface area contributed by atoms with Crippen molar-refractivity contribution in [2.45, 2.75) is 30.6 Å². The molecule has 0 spiro atoms. The number of nitrogens with zero attached hydrogens (tertiary/aromatic N) is 1. The van der Waals surface area contributed by atoms with Gasteiger partial charge in [0.1, 0.15) is 11.5 Å². The van der Waals surface area contributed by atoms with Crippen LogP contribution in [0.1, 0.15) is 24.0 Å². The Morgan fingerprint density at radius 1 is 1.16 bits per heavy atom. The van der Waals surface area contributed by atoms with E-state index in [4.69, 9.17) is 5.73 Å². The standard InChI is InChI=1S/C22H24N2O8/c1-7-8-5-4-6-9(25)11(8)16(26)12-10(7)17(27)14-15(24(2)3)18(28)13(21(23)31)20(30)22(14,32)19(12)29/h4-7,10,13-15,17,25-27,32H,1-3H3,(H2,23,31)/t7-,10-,13+,14+,15+,17+,22-/m1/s1. The summed E-state index contributed by atoms with van der Waals surface area (Å²) in [6, 6.07) is 3.11. The number of hydrogen-bond donors (Lipinski definition) is 5. The van der Waals surface area contributed by atoms with Crippen LogP contribution < -0.4 is 5.73 Å². The molecular formula is C22H24N2O8. The molecule has 4 rings (SSSR count). The molecule has 0 bridgehead atoms. The van der Waals surface area contributed by atoms with Crippen molar-refractivity contribution in [3.05, 3.63) is 34.9 Å². The van der Waals surface area contributed by atoms with Gasteiger partial charge in [0.25, 0.3) is 0 Å². The number of aliphatic hydroxyl groups excluding tert-OH is 2. The summed E-state index contributed by atoms with van der Waals surface area (Å²) >= 11 is 0. The fourth-order valence-corrected chi connectivity index (χ4v) is 5.72. The minimum atomic E-state index is -2.97. The number of carbonyl (C=O) groups excluding carboxylic acids is 4. The Labute approximate surface area is 182 Å². The molecule has 1 amide bonds. The van der Waals surface area contributed by atoms with Crippen LogP contribution in [-0.4, -0.2) is 80.4 Å². The lowest BCUT2D eigenvalue weighted by molar-refractivity contribution is -0.187. The number of likely N-dealkylation sites (N-methyl/N-ethyl adjacent to an activating group) is 1. The van der Waals surface area contributed by atoms with Gasteiger partial charge in [0.05, 0.1) is 23.6 Å². The number of ketones is 3. The quantitative estimate of drug-likeness (QED) is 0.353. The van der Waals surface area contributed by atoms with E-state index in [2.05, 4.69) is 0 Å². The van der Waals surface area contributed by atoms with Crippen molar-refractivity contribution in [2.24, 2.45) is 23.5 Å². The van der Waals surface area contributed by atoms with Crippen molar-refractivity contribution in [3.63, 3.8) is 0 Å². The number of primary amides is 1. The molecule has 10 heteroatoms. The predicted molar refractivity (Wildman–Crippen MR) is 109 cm³/mol. The zero-order valence-corrected chi connectivity index (χ0v) is 17.6. The third-order valence-corrected chi connectivity index (χ3v) is 7.13. The highest BCUT2D eigenvalue weighted by Gasteiger charge is 2.71. The van der Waals surface area contributed by atoms with E-state index >= 15 is 0 Å². The number of benzene rings is 1. The molecular weight excluding hydrogens is 420 g/mol. The molecule has 10 nitrogen and oxygen atoms in total. The number of amides is 1. The Balaban J connectivity index is 2.02. The first-order valence-electron chi connectivity index (χ1n) is 10.1. The van der Waals surface area contributed by atoms with Crippen LogP contribution in [0.3, 0.4) is 0 Å². The Morgan fingerprint density at radius 3 is 2.34 bits per heavy atom. The van der Waals surface area contributed by atoms with Crippen molar-refractivity contribution in [3.8, 4) is 5.75 Å². The number of hydrogen-bond acceptors (Lipinski definition) is 9. The largest absolute Gasteiger partial charge is 0.507 e. The van der Waals surface area contributed by atoms with Crippen LogP contribution in [0.25, 0.3) is 5.76 Å². The lowest BCUT2D eigenvalue weighted by Gasteiger charge is -2.54. The fourth-order valence-electron chi connectivity index (χ4n) is 5.72. The van der Waals surface area contributed by atoms with Gasteiger partial charge in [0.2, 0.25) is 11.7 Å². The average molecular weight is 444 g/mol. The van der Waals surface area contributed by atoms with Gasteiger partial charge in [-0.25, -0.2) is 0 Å². The van der Waals surface area contributed by atoms with Gasteiger partial charge in [0.15, 0.2) is 23.1 Å². The van der Waals surface area contributed by atoms with Crippen LogP contribution in [0.2, 0.25) is 0 Å². The number of fused-ring (bicyclic) bond motifs is 3. The van der Waals surface area contributed by atoms with Gasteiger partial charge in [-0.1, -0.05) is 19.1 Å². The molecule has 1 aromatic carbocycles. The summed E-state index contributed by atoms with van der Waals surface area (Å²) in [5.74, 6) is -11.2. The maximum Gasteiger partial charge on any atom is 0.235 e. The van der Waals surface area contributed by atoms with Crippen molar-refractivity contribution in [1.29, 1.82) is 0 Å². The SMILES string of the molecule is C[C@@H]1c2cccc(O)c2C(O)=C2C(=O)[C@@]3(O)C(=O)[C@@H](C(N)=O)C(=O)[C@@H](N(C)C)[C@H]3[C@@H](O)[C@@H]21. The molecule has 0 unspecified atom stereocenters. The second-order valence-electron chi connectivity index (χ2n) is 8.94. The van der Waals surface area contributed by atoms with Crippen LogP contribution in [0.4, 0.5) is 0 Å². The maximum absolute atomic E-state index is 13.6. The van der Waals surface area contributed by atoms with Gasteiger partial charge in [-0.3, -0.25) is 24.1 Å². The first kappa shape index (κ1) is 22.1. The van der Waals surface area contributed by atoms with Gasteiger partial charge in [0, 0.05) is 11.5 Å². The van der Waals surface area contributed by atoms with E-state index in [1.807, 2.05) is 0 Å². The predicted octanol–water partition coefficient (Wildman–Crippen LogP) is -1.13. The van der Waals surface area contributed by atoms with Crippen LogP contribution in [0, 0.1) is 17.8 Å². The third kappa shape index (κ3) is 2.51. The van der Waals surface area contributed by atoms with E-state index < -0.39 is 76.0 Å². The Bertz CT molecular complexity index is 1110. The summed E-state index contributed by atoms with van der Waals surface area (Å²) in [6.45, 7) is 1.67. The van der Waals surface area contributed by atoms with Gasteiger partial charge < -0.3 is 26.2 Å². The molecule has 6 N–H and O–H groups in total. The average Bonchev–Trinajstić information content (AvgIpc) is 2.70. The van der Waals surface area contributed by atoms with Gasteiger partial charge in [-0.2, -0.15) is 0 Å². The summed E-state index contributed by atoms with van der Waals surface area (Å²) in [7, 11) is 2.91. The lowest BCUT2D eigenvalue weighted by Crippen LogP contribution is -2.75. The number of phenols is 1. The van der Waals surface area contributed by atoms with Crippen molar-refractivity contribution < 1.29 is 39.6 Å². The van der Waals surface area contributed by atoms with E-state index in [0.29, 0.717) is 5.56 Å². The lowest BCUT2D eigenvalue weighted by atomic mass is 9.52. The van der Waals surface area contributed by atoms with Gasteiger partial charge >= 0.3 is 0 Å². The van der Waals surface area contributed by atoms with E-state index in [9.17, 15) is 39.6 Å². The van der Waals surface area contributed by atoms with Gasteiger partial charge in [-0.15, -0.1) is 0 Å². The first-order chi connectivity index (χ1) is 14.9. The van der Waals surface area contributed by atoms with E-state index in [-0.39, 0.29) is 11.3 Å². The minimum Gasteiger partial charge on any atom is -0.507 e. The monoisotopic (exact) mass is 444 g/mol. The van der Waals surface area contributed by atoms with Crippen molar-refractivity contribution in [2.75, 3.05) is 14.1 Å². The zero-order valence-electron chi connectivity index (χ0n) is 17.6. The molecule has 0 saturated heterocycles. The van der Waals surface area contributed by atoms with Crippen LogP contribution >= 0.6 is 0 Å². The van der Waals surface area contributed by atoms with Crippen LogP contribution in [0.15, 0.2) is 23.8 Å². The number of rotatable bonds is 2. The Hall–Kier alpha value is -3.08. The maximum atomic E-state index is 13.6. The smallest absolute Gasteiger partial charge is 0.235 e. The molecule has 170 valence electrons. The first-order valence-corrected chi connectivity index (χ1v) is 10.1. The molecule has 0 heterocycles. The second-order valence-corrected chi connectivity index (χ2v) is 8.94. The zero-order chi connectivity index (χ0) is 23.9. The molecule has 2 saturated carbocycles. The number of aromatic hydroxyl groups is 1. The fraction of sp³-hybridized carbons (Fsp3) is 0.455. The number of phenolic OH excluding ortho intramolecular Hbond substituents is 1. The molecule has 3 aliphatic carbocycles. The summed E-state index contributed by atoms with van der Waals surface area (Å²) in [4.78, 5) is 53.1. The Kier molecular flexibility index (Phi) is 4.81. The van der Waals surface area contributed by atoms with E-state index in [1.54, 1.807) is 19.1 Å². The minimum absolute atomic E-state index is 0.0382. The van der Waals surface area contributed by atoms with E-state index in [1.165, 1.54) is 25.1 Å². The van der Waals surface area contributed by atoms with Crippen LogP contribution in [-0.2, 0) is 19.2 Å². The highest BCUT2D eigenvalue weighted by Crippen LogP contribution is 2.55. The van der Waals surface area contributed by atoms with Crippen molar-refractivity contribution >= 4 is 29.0 Å². The summed E-state index contributed by atoms with van der Waals surface area (Å²) < 4.78 is 0.